The number of hydrogen-bond acceptors (Lipinski definition) is 2. The summed E-state index contributed by atoms with van der Waals surface area (Å²) in [4.78, 5) is 10.7. The number of amides is 1. The van der Waals surface area contributed by atoms with E-state index in [9.17, 15) is 4.79 Å². The first-order chi connectivity index (χ1) is 7.10. The van der Waals surface area contributed by atoms with Crippen molar-refractivity contribution in [1.82, 2.24) is 5.32 Å². The van der Waals surface area contributed by atoms with Crippen molar-refractivity contribution in [3.05, 3.63) is 0 Å². The Morgan fingerprint density at radius 1 is 1.27 bits per heavy atom. The minimum Gasteiger partial charge on any atom is -0.465 e. The molecule has 0 unspecified atom stereocenters. The summed E-state index contributed by atoms with van der Waals surface area (Å²) in [6, 6.07) is 2.27. The quantitative estimate of drug-likeness (QED) is 0.731. The number of nitrogens with one attached hydrogen (secondary N) is 1. The predicted octanol–water partition coefficient (Wildman–Crippen LogP) is 2.26. The second-order valence-corrected chi connectivity index (χ2v) is 5.05. The number of rotatable bonds is 2. The Morgan fingerprint density at radius 2 is 1.80 bits per heavy atom. The van der Waals surface area contributed by atoms with Crippen LogP contribution < -0.4 is 5.32 Å². The van der Waals surface area contributed by atoms with Gasteiger partial charge in [0, 0.05) is 12.0 Å². The van der Waals surface area contributed by atoms with Gasteiger partial charge in [0.15, 0.2) is 0 Å². The Kier molecular flexibility index (Phi) is 2.34. The molecule has 15 heavy (non-hydrogen) atoms. The average molecular weight is 208 g/mol. The molecule has 4 heteroatoms. The van der Waals surface area contributed by atoms with Crippen LogP contribution in [0.25, 0.3) is 0 Å². The fourth-order valence-corrected chi connectivity index (χ4v) is 3.11. The highest BCUT2D eigenvalue weighted by atomic mass is 16.4. The lowest BCUT2D eigenvalue weighted by Crippen LogP contribution is -2.56. The summed E-state index contributed by atoms with van der Waals surface area (Å²) in [7, 11) is 0. The van der Waals surface area contributed by atoms with Crippen LogP contribution in [0.1, 0.15) is 44.9 Å². The van der Waals surface area contributed by atoms with Crippen LogP contribution in [0.5, 0.6) is 0 Å². The van der Waals surface area contributed by atoms with Gasteiger partial charge >= 0.3 is 6.09 Å². The zero-order valence-corrected chi connectivity index (χ0v) is 8.75. The lowest BCUT2D eigenvalue weighted by Gasteiger charge is -2.52. The highest BCUT2D eigenvalue weighted by molar-refractivity contribution is 5.65. The smallest absolute Gasteiger partial charge is 0.405 e. The van der Waals surface area contributed by atoms with Gasteiger partial charge in [-0.15, -0.1) is 0 Å². The van der Waals surface area contributed by atoms with Crippen LogP contribution >= 0.6 is 0 Å². The summed E-state index contributed by atoms with van der Waals surface area (Å²) in [6.45, 7) is 0. The number of nitriles is 1. The zero-order chi connectivity index (χ0) is 10.9. The Labute approximate surface area is 89.3 Å². The van der Waals surface area contributed by atoms with Crippen molar-refractivity contribution in [2.75, 3.05) is 0 Å². The lowest BCUT2D eigenvalue weighted by molar-refractivity contribution is 0.0280. The molecule has 0 saturated heterocycles. The Bertz CT molecular complexity index is 295. The second kappa shape index (κ2) is 3.41. The highest BCUT2D eigenvalue weighted by Gasteiger charge is 2.49. The summed E-state index contributed by atoms with van der Waals surface area (Å²) < 4.78 is 0. The topological polar surface area (TPSA) is 73.1 Å². The van der Waals surface area contributed by atoms with Gasteiger partial charge in [0.25, 0.3) is 0 Å². The molecule has 0 aromatic carbocycles. The maximum atomic E-state index is 10.7. The van der Waals surface area contributed by atoms with Crippen LogP contribution in [0, 0.1) is 16.7 Å². The molecule has 3 rings (SSSR count). The largest absolute Gasteiger partial charge is 0.465 e. The molecule has 0 atom stereocenters. The molecule has 4 nitrogen and oxygen atoms in total. The number of carbonyl (C=O) groups is 1. The molecule has 3 saturated carbocycles. The fraction of sp³-hybridized carbons (Fsp3) is 0.818. The molecule has 2 bridgehead atoms. The van der Waals surface area contributed by atoms with Crippen LogP contribution in [0.4, 0.5) is 4.79 Å². The highest BCUT2D eigenvalue weighted by Crippen LogP contribution is 2.53. The fourth-order valence-electron chi connectivity index (χ4n) is 3.11. The normalized spacial score (nSPS) is 38.3. The van der Waals surface area contributed by atoms with Gasteiger partial charge < -0.3 is 10.4 Å². The summed E-state index contributed by atoms with van der Waals surface area (Å²) in [6.07, 6.45) is 5.44. The van der Waals surface area contributed by atoms with E-state index in [-0.39, 0.29) is 11.0 Å². The van der Waals surface area contributed by atoms with Crippen molar-refractivity contribution in [3.63, 3.8) is 0 Å². The third-order valence-corrected chi connectivity index (χ3v) is 4.23. The van der Waals surface area contributed by atoms with Crippen molar-refractivity contribution in [1.29, 1.82) is 5.26 Å². The molecule has 0 aromatic rings. The summed E-state index contributed by atoms with van der Waals surface area (Å²) >= 11 is 0. The molecule has 2 N–H and O–H groups in total. The van der Waals surface area contributed by atoms with E-state index in [4.69, 9.17) is 10.4 Å². The van der Waals surface area contributed by atoms with Crippen molar-refractivity contribution >= 4 is 6.09 Å². The standard InChI is InChI=1S/C11H16N2O2/c12-8-7-10-1-4-11(5-2-10,6-3-10)13-9(14)15/h13H,1-7H2,(H,14,15). The first-order valence-electron chi connectivity index (χ1n) is 5.48. The van der Waals surface area contributed by atoms with E-state index in [1.54, 1.807) is 0 Å². The number of nitrogens with zero attached hydrogens (tertiary/aromatic N) is 1. The van der Waals surface area contributed by atoms with Crippen molar-refractivity contribution in [3.8, 4) is 6.07 Å². The third-order valence-electron chi connectivity index (χ3n) is 4.23. The Morgan fingerprint density at radius 3 is 2.20 bits per heavy atom. The molecule has 0 aliphatic heterocycles. The van der Waals surface area contributed by atoms with Crippen molar-refractivity contribution in [2.24, 2.45) is 5.41 Å². The Hall–Kier alpha value is -1.24. The van der Waals surface area contributed by atoms with E-state index in [0.717, 1.165) is 38.5 Å². The van der Waals surface area contributed by atoms with Gasteiger partial charge in [-0.1, -0.05) is 0 Å². The van der Waals surface area contributed by atoms with Gasteiger partial charge in [-0.3, -0.25) is 0 Å². The second-order valence-electron chi connectivity index (χ2n) is 5.05. The van der Waals surface area contributed by atoms with Crippen LogP contribution in [0.15, 0.2) is 0 Å². The Balaban J connectivity index is 2.04. The molecule has 0 spiro atoms. The van der Waals surface area contributed by atoms with Crippen LogP contribution in [0.3, 0.4) is 0 Å². The van der Waals surface area contributed by atoms with Gasteiger partial charge in [-0.2, -0.15) is 5.26 Å². The van der Waals surface area contributed by atoms with Crippen molar-refractivity contribution in [2.45, 2.75) is 50.5 Å². The van der Waals surface area contributed by atoms with E-state index < -0.39 is 6.09 Å². The molecule has 0 aromatic heterocycles. The van der Waals surface area contributed by atoms with Gasteiger partial charge in [-0.05, 0) is 43.9 Å². The maximum Gasteiger partial charge on any atom is 0.405 e. The molecule has 1 amide bonds. The van der Waals surface area contributed by atoms with E-state index in [0.29, 0.717) is 6.42 Å². The van der Waals surface area contributed by atoms with Gasteiger partial charge in [0.1, 0.15) is 0 Å². The molecular formula is C11H16N2O2. The van der Waals surface area contributed by atoms with Gasteiger partial charge in [0.05, 0.1) is 6.07 Å². The van der Waals surface area contributed by atoms with Crippen LogP contribution in [0.2, 0.25) is 0 Å². The number of fused-ring (bicyclic) bond motifs is 3. The molecule has 0 heterocycles. The zero-order valence-electron chi connectivity index (χ0n) is 8.75. The van der Waals surface area contributed by atoms with E-state index in [1.807, 2.05) is 0 Å². The number of hydrogen-bond donors (Lipinski definition) is 2. The summed E-state index contributed by atoms with van der Waals surface area (Å²) in [5.41, 5.74) is 0.0275. The van der Waals surface area contributed by atoms with Gasteiger partial charge in [-0.25, -0.2) is 4.79 Å². The minimum absolute atomic E-state index is 0.178. The molecule has 3 fully saturated rings. The van der Waals surface area contributed by atoms with Crippen molar-refractivity contribution < 1.29 is 9.90 Å². The molecule has 0 radical (unpaired) electrons. The summed E-state index contributed by atoms with van der Waals surface area (Å²) in [5.74, 6) is 0. The summed E-state index contributed by atoms with van der Waals surface area (Å²) in [5, 5.41) is 20.2. The molecule has 3 aliphatic rings. The molecule has 3 aliphatic carbocycles. The minimum atomic E-state index is -0.912. The third kappa shape index (κ3) is 1.79. The van der Waals surface area contributed by atoms with Crippen LogP contribution in [-0.2, 0) is 0 Å². The van der Waals surface area contributed by atoms with E-state index in [2.05, 4.69) is 11.4 Å². The van der Waals surface area contributed by atoms with E-state index >= 15 is 0 Å². The first kappa shape index (κ1) is 10.3. The molecular weight excluding hydrogens is 192 g/mol. The predicted molar refractivity (Wildman–Crippen MR) is 54.3 cm³/mol. The van der Waals surface area contributed by atoms with E-state index in [1.165, 1.54) is 0 Å². The first-order valence-corrected chi connectivity index (χ1v) is 5.48. The SMILES string of the molecule is N#CCC12CCC(NC(=O)O)(CC1)CC2. The lowest BCUT2D eigenvalue weighted by atomic mass is 9.56. The number of carboxylic acid groups (broad SMARTS) is 1. The average Bonchev–Trinajstić information content (AvgIpc) is 2.20. The monoisotopic (exact) mass is 208 g/mol. The van der Waals surface area contributed by atoms with Crippen LogP contribution in [-0.4, -0.2) is 16.7 Å². The van der Waals surface area contributed by atoms with Gasteiger partial charge in [0.2, 0.25) is 0 Å². The molecule has 82 valence electrons. The maximum absolute atomic E-state index is 10.7.